The fourth-order valence-corrected chi connectivity index (χ4v) is 1.42. The first-order valence-electron chi connectivity index (χ1n) is 4.10. The summed E-state index contributed by atoms with van der Waals surface area (Å²) in [6, 6.07) is 0. The predicted octanol–water partition coefficient (Wildman–Crippen LogP) is 0.644. The summed E-state index contributed by atoms with van der Waals surface area (Å²) >= 11 is 0. The number of likely N-dealkylation sites (tertiary alicyclic amines) is 1. The number of nitrogens with zero attached hydrogens (tertiary/aromatic N) is 1. The van der Waals surface area contributed by atoms with Gasteiger partial charge >= 0.3 is 0 Å². The van der Waals surface area contributed by atoms with Gasteiger partial charge in [0.05, 0.1) is 0 Å². The molecule has 64 valence electrons. The Balaban J connectivity index is 2.27. The SMILES string of the molecule is CN1CCCC(OC=O)CC1. The van der Waals surface area contributed by atoms with Gasteiger partial charge < -0.3 is 9.64 Å². The summed E-state index contributed by atoms with van der Waals surface area (Å²) in [6.45, 7) is 2.73. The molecule has 0 N–H and O–H groups in total. The van der Waals surface area contributed by atoms with Crippen LogP contribution in [0.2, 0.25) is 0 Å². The Morgan fingerprint density at radius 3 is 3.00 bits per heavy atom. The molecule has 1 fully saturated rings. The van der Waals surface area contributed by atoms with E-state index in [0.717, 1.165) is 32.4 Å². The highest BCUT2D eigenvalue weighted by molar-refractivity contribution is 5.37. The minimum atomic E-state index is 0.164. The normalized spacial score (nSPS) is 27.5. The molecule has 1 unspecified atom stereocenters. The topological polar surface area (TPSA) is 29.5 Å². The zero-order valence-corrected chi connectivity index (χ0v) is 6.95. The van der Waals surface area contributed by atoms with Crippen molar-refractivity contribution in [3.8, 4) is 0 Å². The van der Waals surface area contributed by atoms with E-state index >= 15 is 0 Å². The molecule has 1 aliphatic rings. The van der Waals surface area contributed by atoms with Crippen molar-refractivity contribution in [1.29, 1.82) is 0 Å². The van der Waals surface area contributed by atoms with Crippen LogP contribution in [-0.4, -0.2) is 37.6 Å². The molecule has 11 heavy (non-hydrogen) atoms. The molecule has 0 saturated carbocycles. The van der Waals surface area contributed by atoms with Crippen molar-refractivity contribution in [2.75, 3.05) is 20.1 Å². The lowest BCUT2D eigenvalue weighted by Gasteiger charge is -2.12. The summed E-state index contributed by atoms with van der Waals surface area (Å²) < 4.78 is 4.90. The summed E-state index contributed by atoms with van der Waals surface area (Å²) in [4.78, 5) is 12.3. The second-order valence-electron chi connectivity index (χ2n) is 3.09. The van der Waals surface area contributed by atoms with E-state index in [9.17, 15) is 4.79 Å². The van der Waals surface area contributed by atoms with Gasteiger partial charge in [-0.2, -0.15) is 0 Å². The molecule has 0 radical (unpaired) electrons. The second kappa shape index (κ2) is 4.34. The Kier molecular flexibility index (Phi) is 3.36. The van der Waals surface area contributed by atoms with Crippen molar-refractivity contribution in [3.63, 3.8) is 0 Å². The van der Waals surface area contributed by atoms with Gasteiger partial charge in [0.15, 0.2) is 0 Å². The largest absolute Gasteiger partial charge is 0.465 e. The third-order valence-corrected chi connectivity index (χ3v) is 2.15. The highest BCUT2D eigenvalue weighted by atomic mass is 16.5. The second-order valence-corrected chi connectivity index (χ2v) is 3.09. The molecule has 0 amide bonds. The van der Waals surface area contributed by atoms with Crippen LogP contribution in [0.15, 0.2) is 0 Å². The van der Waals surface area contributed by atoms with Gasteiger partial charge in [-0.25, -0.2) is 0 Å². The maximum Gasteiger partial charge on any atom is 0.293 e. The van der Waals surface area contributed by atoms with Crippen LogP contribution >= 0.6 is 0 Å². The monoisotopic (exact) mass is 157 g/mol. The number of hydrogen-bond acceptors (Lipinski definition) is 3. The highest BCUT2D eigenvalue weighted by Crippen LogP contribution is 2.11. The van der Waals surface area contributed by atoms with Crippen LogP contribution in [0.25, 0.3) is 0 Å². The maximum absolute atomic E-state index is 10.0. The smallest absolute Gasteiger partial charge is 0.293 e. The molecule has 1 aliphatic heterocycles. The van der Waals surface area contributed by atoms with Crippen LogP contribution in [0.5, 0.6) is 0 Å². The van der Waals surface area contributed by atoms with Crippen molar-refractivity contribution in [1.82, 2.24) is 4.90 Å². The van der Waals surface area contributed by atoms with E-state index in [-0.39, 0.29) is 6.10 Å². The molecule has 0 bridgehead atoms. The van der Waals surface area contributed by atoms with Crippen LogP contribution in [-0.2, 0) is 9.53 Å². The predicted molar refractivity (Wildman–Crippen MR) is 42.3 cm³/mol. The van der Waals surface area contributed by atoms with Gasteiger partial charge in [0, 0.05) is 6.54 Å². The number of carbonyl (C=O) groups is 1. The number of carbonyl (C=O) groups excluding carboxylic acids is 1. The number of rotatable bonds is 2. The van der Waals surface area contributed by atoms with Crippen LogP contribution in [0.1, 0.15) is 19.3 Å². The van der Waals surface area contributed by atoms with Gasteiger partial charge in [0.25, 0.3) is 6.47 Å². The lowest BCUT2D eigenvalue weighted by molar-refractivity contribution is -0.133. The van der Waals surface area contributed by atoms with Crippen LogP contribution in [0.4, 0.5) is 0 Å². The van der Waals surface area contributed by atoms with Crippen molar-refractivity contribution < 1.29 is 9.53 Å². The Bertz CT molecular complexity index is 127. The standard InChI is InChI=1S/C8H15NO2/c1-9-5-2-3-8(4-6-9)11-7-10/h7-8H,2-6H2,1H3. The van der Waals surface area contributed by atoms with E-state index in [1.165, 1.54) is 0 Å². The summed E-state index contributed by atoms with van der Waals surface area (Å²) in [5.74, 6) is 0. The highest BCUT2D eigenvalue weighted by Gasteiger charge is 2.14. The molecule has 0 aliphatic carbocycles. The summed E-state index contributed by atoms with van der Waals surface area (Å²) in [5, 5.41) is 0. The molecular formula is C8H15NO2. The van der Waals surface area contributed by atoms with Crippen LogP contribution in [0, 0.1) is 0 Å². The van der Waals surface area contributed by atoms with E-state index in [4.69, 9.17) is 4.74 Å². The Morgan fingerprint density at radius 2 is 2.27 bits per heavy atom. The average Bonchev–Trinajstić information content (AvgIpc) is 2.17. The third-order valence-electron chi connectivity index (χ3n) is 2.15. The molecule has 0 aromatic rings. The summed E-state index contributed by atoms with van der Waals surface area (Å²) in [5.41, 5.74) is 0. The van der Waals surface area contributed by atoms with Gasteiger partial charge in [-0.15, -0.1) is 0 Å². The molecule has 0 spiro atoms. The zero-order chi connectivity index (χ0) is 8.10. The summed E-state index contributed by atoms with van der Waals surface area (Å²) in [6.07, 6.45) is 3.30. The average molecular weight is 157 g/mol. The molecule has 3 nitrogen and oxygen atoms in total. The van der Waals surface area contributed by atoms with Gasteiger partial charge in [0.1, 0.15) is 6.10 Å². The van der Waals surface area contributed by atoms with E-state index < -0.39 is 0 Å². The first-order valence-corrected chi connectivity index (χ1v) is 4.10. The van der Waals surface area contributed by atoms with Gasteiger partial charge in [-0.05, 0) is 32.9 Å². The molecule has 3 heteroatoms. The Labute approximate surface area is 67.3 Å². The quantitative estimate of drug-likeness (QED) is 0.551. The molecule has 1 atom stereocenters. The van der Waals surface area contributed by atoms with Gasteiger partial charge in [0.2, 0.25) is 0 Å². The third kappa shape index (κ3) is 2.89. The number of hydrogen-bond donors (Lipinski definition) is 0. The Morgan fingerprint density at radius 1 is 1.45 bits per heavy atom. The fraction of sp³-hybridized carbons (Fsp3) is 0.875. The lowest BCUT2D eigenvalue weighted by atomic mass is 10.2. The van der Waals surface area contributed by atoms with Gasteiger partial charge in [-0.1, -0.05) is 0 Å². The minimum Gasteiger partial charge on any atom is -0.465 e. The van der Waals surface area contributed by atoms with Crippen LogP contribution < -0.4 is 0 Å². The molecule has 1 heterocycles. The van der Waals surface area contributed by atoms with E-state index in [0.29, 0.717) is 6.47 Å². The van der Waals surface area contributed by atoms with Gasteiger partial charge in [-0.3, -0.25) is 4.79 Å². The zero-order valence-electron chi connectivity index (χ0n) is 6.95. The van der Waals surface area contributed by atoms with Crippen molar-refractivity contribution in [2.24, 2.45) is 0 Å². The molecule has 1 rings (SSSR count). The molecular weight excluding hydrogens is 142 g/mol. The molecule has 0 aromatic carbocycles. The summed E-state index contributed by atoms with van der Waals surface area (Å²) in [7, 11) is 2.10. The van der Waals surface area contributed by atoms with E-state index in [2.05, 4.69) is 11.9 Å². The van der Waals surface area contributed by atoms with Crippen molar-refractivity contribution in [3.05, 3.63) is 0 Å². The number of ether oxygens (including phenoxy) is 1. The Hall–Kier alpha value is -0.570. The van der Waals surface area contributed by atoms with E-state index in [1.54, 1.807) is 0 Å². The van der Waals surface area contributed by atoms with Crippen LogP contribution in [0.3, 0.4) is 0 Å². The first kappa shape index (κ1) is 8.53. The van der Waals surface area contributed by atoms with E-state index in [1.807, 2.05) is 0 Å². The fourth-order valence-electron chi connectivity index (χ4n) is 1.42. The minimum absolute atomic E-state index is 0.164. The molecule has 0 aromatic heterocycles. The maximum atomic E-state index is 10.0. The first-order chi connectivity index (χ1) is 5.33. The van der Waals surface area contributed by atoms with Crippen molar-refractivity contribution in [2.45, 2.75) is 25.4 Å². The van der Waals surface area contributed by atoms with Crippen molar-refractivity contribution >= 4 is 6.47 Å². The lowest BCUT2D eigenvalue weighted by Crippen LogP contribution is -2.20. The molecule has 1 saturated heterocycles.